The molecule has 1 heterocycles. The molecule has 2 N–H and O–H groups in total. The molecule has 1 aliphatic rings. The van der Waals surface area contributed by atoms with E-state index in [1.54, 1.807) is 0 Å². The second-order valence-corrected chi connectivity index (χ2v) is 4.51. The van der Waals surface area contributed by atoms with E-state index < -0.39 is 5.82 Å². The van der Waals surface area contributed by atoms with Crippen LogP contribution in [0.5, 0.6) is 0 Å². The monoisotopic (exact) mass is 272 g/mol. The number of ether oxygens (including phenoxy) is 1. The van der Waals surface area contributed by atoms with Gasteiger partial charge in [0.2, 0.25) is 5.91 Å². The van der Waals surface area contributed by atoms with E-state index in [1.807, 2.05) is 0 Å². The van der Waals surface area contributed by atoms with Gasteiger partial charge in [0, 0.05) is 24.7 Å². The van der Waals surface area contributed by atoms with E-state index in [1.165, 1.54) is 18.2 Å². The Kier molecular flexibility index (Phi) is 4.52. The van der Waals surface area contributed by atoms with Crippen LogP contribution < -0.4 is 10.6 Å². The van der Waals surface area contributed by atoms with Crippen LogP contribution in [-0.4, -0.2) is 31.7 Å². The molecule has 1 aromatic rings. The van der Waals surface area contributed by atoms with E-state index in [0.717, 1.165) is 6.54 Å². The molecule has 0 radical (unpaired) electrons. The zero-order valence-corrected chi connectivity index (χ0v) is 10.5. The van der Waals surface area contributed by atoms with Gasteiger partial charge < -0.3 is 15.4 Å². The van der Waals surface area contributed by atoms with E-state index in [-0.39, 0.29) is 17.0 Å². The summed E-state index contributed by atoms with van der Waals surface area (Å²) in [7, 11) is 0. The number of benzene rings is 1. The van der Waals surface area contributed by atoms with Crippen molar-refractivity contribution in [3.63, 3.8) is 0 Å². The lowest BCUT2D eigenvalue weighted by molar-refractivity contribution is -0.117. The number of rotatable bonds is 3. The second-order valence-electron chi connectivity index (χ2n) is 4.11. The van der Waals surface area contributed by atoms with Gasteiger partial charge in [-0.2, -0.15) is 0 Å². The van der Waals surface area contributed by atoms with E-state index in [9.17, 15) is 9.18 Å². The van der Waals surface area contributed by atoms with Crippen LogP contribution in [-0.2, 0) is 9.53 Å². The smallest absolute Gasteiger partial charge is 0.226 e. The molecule has 1 saturated heterocycles. The molecule has 1 aliphatic heterocycles. The summed E-state index contributed by atoms with van der Waals surface area (Å²) in [6.07, 6.45) is 0.314. The normalized spacial score (nSPS) is 19.6. The molecule has 98 valence electrons. The molecule has 4 nitrogen and oxygen atoms in total. The SMILES string of the molecule is O=C(CC1COCCN1)Nc1ccc(F)c(Cl)c1. The summed E-state index contributed by atoms with van der Waals surface area (Å²) < 4.78 is 18.2. The number of morpholine rings is 1. The van der Waals surface area contributed by atoms with Crippen molar-refractivity contribution in [2.45, 2.75) is 12.5 Å². The van der Waals surface area contributed by atoms with Gasteiger partial charge in [-0.25, -0.2) is 4.39 Å². The topological polar surface area (TPSA) is 50.4 Å². The molecule has 1 aromatic carbocycles. The summed E-state index contributed by atoms with van der Waals surface area (Å²) in [5.41, 5.74) is 0.489. The molecule has 0 spiro atoms. The number of hydrogen-bond acceptors (Lipinski definition) is 3. The lowest BCUT2D eigenvalue weighted by atomic mass is 10.2. The van der Waals surface area contributed by atoms with Crippen molar-refractivity contribution in [1.82, 2.24) is 5.32 Å². The molecule has 2 rings (SSSR count). The van der Waals surface area contributed by atoms with Gasteiger partial charge in [0.1, 0.15) is 5.82 Å². The Morgan fingerprint density at radius 1 is 1.61 bits per heavy atom. The maximum Gasteiger partial charge on any atom is 0.226 e. The summed E-state index contributed by atoms with van der Waals surface area (Å²) in [6, 6.07) is 4.11. The maximum absolute atomic E-state index is 12.9. The Labute approximate surface area is 109 Å². The van der Waals surface area contributed by atoms with E-state index in [0.29, 0.717) is 25.3 Å². The quantitative estimate of drug-likeness (QED) is 0.882. The van der Waals surface area contributed by atoms with Gasteiger partial charge in [-0.3, -0.25) is 4.79 Å². The van der Waals surface area contributed by atoms with Gasteiger partial charge in [-0.15, -0.1) is 0 Å². The Hall–Kier alpha value is -1.17. The molecule has 18 heavy (non-hydrogen) atoms. The predicted molar refractivity (Wildman–Crippen MR) is 67.3 cm³/mol. The minimum atomic E-state index is -0.503. The van der Waals surface area contributed by atoms with Crippen molar-refractivity contribution in [1.29, 1.82) is 0 Å². The minimum absolute atomic E-state index is 0.00748. The number of carbonyl (C=O) groups is 1. The zero-order chi connectivity index (χ0) is 13.0. The largest absolute Gasteiger partial charge is 0.378 e. The lowest BCUT2D eigenvalue weighted by Crippen LogP contribution is -2.43. The maximum atomic E-state index is 12.9. The highest BCUT2D eigenvalue weighted by Gasteiger charge is 2.17. The average molecular weight is 273 g/mol. The fraction of sp³-hybridized carbons (Fsp3) is 0.417. The molecule has 1 amide bonds. The summed E-state index contributed by atoms with van der Waals surface area (Å²) in [6.45, 7) is 1.95. The third-order valence-electron chi connectivity index (χ3n) is 2.63. The number of hydrogen-bond donors (Lipinski definition) is 2. The molecule has 1 unspecified atom stereocenters. The molecule has 0 aliphatic carbocycles. The Bertz CT molecular complexity index is 436. The Morgan fingerprint density at radius 2 is 2.44 bits per heavy atom. The van der Waals surface area contributed by atoms with Crippen molar-refractivity contribution >= 4 is 23.2 Å². The van der Waals surface area contributed by atoms with Crippen LogP contribution in [0.25, 0.3) is 0 Å². The van der Waals surface area contributed by atoms with Crippen LogP contribution in [0.3, 0.4) is 0 Å². The van der Waals surface area contributed by atoms with Crippen molar-refractivity contribution in [2.75, 3.05) is 25.1 Å². The van der Waals surface area contributed by atoms with Crippen molar-refractivity contribution < 1.29 is 13.9 Å². The summed E-state index contributed by atoms with van der Waals surface area (Å²) in [5.74, 6) is -0.655. The number of carbonyl (C=O) groups excluding carboxylic acids is 1. The third-order valence-corrected chi connectivity index (χ3v) is 2.92. The highest BCUT2D eigenvalue weighted by Crippen LogP contribution is 2.19. The molecule has 0 aromatic heterocycles. The first-order valence-corrected chi connectivity index (χ1v) is 6.09. The minimum Gasteiger partial charge on any atom is -0.378 e. The van der Waals surface area contributed by atoms with Crippen LogP contribution in [0.4, 0.5) is 10.1 Å². The van der Waals surface area contributed by atoms with Gasteiger partial charge in [0.25, 0.3) is 0 Å². The number of halogens is 2. The molecular formula is C12H14ClFN2O2. The molecule has 0 saturated carbocycles. The highest BCUT2D eigenvalue weighted by molar-refractivity contribution is 6.31. The third kappa shape index (κ3) is 3.66. The summed E-state index contributed by atoms with van der Waals surface area (Å²) >= 11 is 5.63. The highest BCUT2D eigenvalue weighted by atomic mass is 35.5. The van der Waals surface area contributed by atoms with Crippen molar-refractivity contribution in [2.24, 2.45) is 0 Å². The van der Waals surface area contributed by atoms with Crippen molar-refractivity contribution in [3.8, 4) is 0 Å². The van der Waals surface area contributed by atoms with Crippen LogP contribution in [0.15, 0.2) is 18.2 Å². The van der Waals surface area contributed by atoms with Gasteiger partial charge in [0.15, 0.2) is 0 Å². The molecular weight excluding hydrogens is 259 g/mol. The van der Waals surface area contributed by atoms with Crippen LogP contribution in [0, 0.1) is 5.82 Å². The zero-order valence-electron chi connectivity index (χ0n) is 9.71. The number of anilines is 1. The van der Waals surface area contributed by atoms with Gasteiger partial charge >= 0.3 is 0 Å². The van der Waals surface area contributed by atoms with Gasteiger partial charge in [-0.1, -0.05) is 11.6 Å². The summed E-state index contributed by atoms with van der Waals surface area (Å²) in [5, 5.41) is 5.85. The van der Waals surface area contributed by atoms with Crippen molar-refractivity contribution in [3.05, 3.63) is 29.0 Å². The molecule has 1 atom stereocenters. The Balaban J connectivity index is 1.88. The van der Waals surface area contributed by atoms with E-state index in [2.05, 4.69) is 10.6 Å². The fourth-order valence-electron chi connectivity index (χ4n) is 1.76. The first-order valence-electron chi connectivity index (χ1n) is 5.71. The van der Waals surface area contributed by atoms with E-state index >= 15 is 0 Å². The van der Waals surface area contributed by atoms with Gasteiger partial charge in [-0.05, 0) is 18.2 Å². The van der Waals surface area contributed by atoms with Crippen LogP contribution >= 0.6 is 11.6 Å². The molecule has 0 bridgehead atoms. The number of amides is 1. The predicted octanol–water partition coefficient (Wildman–Crippen LogP) is 1.80. The molecule has 1 fully saturated rings. The molecule has 6 heteroatoms. The first kappa shape index (κ1) is 13.3. The van der Waals surface area contributed by atoms with Gasteiger partial charge in [0.05, 0.1) is 18.2 Å². The number of nitrogens with one attached hydrogen (secondary N) is 2. The first-order chi connectivity index (χ1) is 8.65. The second kappa shape index (κ2) is 6.13. The lowest BCUT2D eigenvalue weighted by Gasteiger charge is -2.23. The van der Waals surface area contributed by atoms with Crippen LogP contribution in [0.1, 0.15) is 6.42 Å². The fourth-order valence-corrected chi connectivity index (χ4v) is 1.94. The standard InChI is InChI=1S/C12H14ClFN2O2/c13-10-5-8(1-2-11(10)14)16-12(17)6-9-7-18-4-3-15-9/h1-2,5,9,15H,3-4,6-7H2,(H,16,17). The van der Waals surface area contributed by atoms with E-state index in [4.69, 9.17) is 16.3 Å². The summed E-state index contributed by atoms with van der Waals surface area (Å²) in [4.78, 5) is 11.7. The Morgan fingerprint density at radius 3 is 3.11 bits per heavy atom. The average Bonchev–Trinajstić information content (AvgIpc) is 2.35. The van der Waals surface area contributed by atoms with Crippen LogP contribution in [0.2, 0.25) is 5.02 Å².